The van der Waals surface area contributed by atoms with Crippen molar-refractivity contribution in [1.29, 1.82) is 0 Å². The van der Waals surface area contributed by atoms with Crippen molar-refractivity contribution in [2.24, 2.45) is 0 Å². The van der Waals surface area contributed by atoms with E-state index < -0.39 is 0 Å². The minimum absolute atomic E-state index is 0.293. The SMILES string of the molecule is CCOCC(C)O[SiH3]. The van der Waals surface area contributed by atoms with Crippen molar-refractivity contribution in [3.05, 3.63) is 0 Å². The monoisotopic (exact) mass is 134 g/mol. The maximum absolute atomic E-state index is 5.08. The van der Waals surface area contributed by atoms with Gasteiger partial charge in [-0.3, -0.25) is 0 Å². The van der Waals surface area contributed by atoms with Gasteiger partial charge in [0, 0.05) is 6.61 Å². The largest absolute Gasteiger partial charge is 0.423 e. The number of rotatable bonds is 4. The quantitative estimate of drug-likeness (QED) is 0.492. The molecule has 3 heteroatoms. The molecule has 0 rings (SSSR count). The van der Waals surface area contributed by atoms with Gasteiger partial charge >= 0.3 is 0 Å². The fourth-order valence-electron chi connectivity index (χ4n) is 0.352. The predicted octanol–water partition coefficient (Wildman–Crippen LogP) is -0.292. The van der Waals surface area contributed by atoms with Gasteiger partial charge in [0.15, 0.2) is 0 Å². The molecular weight excluding hydrogens is 120 g/mol. The first-order chi connectivity index (χ1) is 3.81. The van der Waals surface area contributed by atoms with E-state index in [2.05, 4.69) is 0 Å². The normalized spacial score (nSPS) is 14.2. The molecule has 0 aromatic heterocycles. The van der Waals surface area contributed by atoms with E-state index >= 15 is 0 Å². The van der Waals surface area contributed by atoms with E-state index in [9.17, 15) is 0 Å². The summed E-state index contributed by atoms with van der Waals surface area (Å²) in [5.74, 6) is 0. The van der Waals surface area contributed by atoms with Crippen LogP contribution in [-0.2, 0) is 9.16 Å². The van der Waals surface area contributed by atoms with Gasteiger partial charge in [-0.25, -0.2) is 0 Å². The lowest BCUT2D eigenvalue weighted by atomic mass is 10.4. The molecule has 0 aromatic rings. The summed E-state index contributed by atoms with van der Waals surface area (Å²) in [7, 11) is 0.810. The molecule has 0 aliphatic heterocycles. The maximum Gasteiger partial charge on any atom is 0.146 e. The topological polar surface area (TPSA) is 18.5 Å². The molecule has 0 spiro atoms. The van der Waals surface area contributed by atoms with Crippen LogP contribution < -0.4 is 0 Å². The van der Waals surface area contributed by atoms with Crippen molar-refractivity contribution < 1.29 is 9.16 Å². The first kappa shape index (κ1) is 8.14. The molecule has 1 unspecified atom stereocenters. The number of hydrogen-bond acceptors (Lipinski definition) is 2. The first-order valence-electron chi connectivity index (χ1n) is 2.91. The summed E-state index contributed by atoms with van der Waals surface area (Å²) in [5.41, 5.74) is 0. The molecule has 50 valence electrons. The average Bonchev–Trinajstić information content (AvgIpc) is 1.83. The molecule has 0 saturated heterocycles. The van der Waals surface area contributed by atoms with Crippen LogP contribution in [0.4, 0.5) is 0 Å². The highest BCUT2D eigenvalue weighted by molar-refractivity contribution is 5.98. The molecule has 0 amide bonds. The molecule has 0 aromatic carbocycles. The van der Waals surface area contributed by atoms with Gasteiger partial charge < -0.3 is 9.16 Å². The van der Waals surface area contributed by atoms with Crippen molar-refractivity contribution in [2.45, 2.75) is 20.0 Å². The van der Waals surface area contributed by atoms with Crippen molar-refractivity contribution in [2.75, 3.05) is 13.2 Å². The van der Waals surface area contributed by atoms with Gasteiger partial charge in [-0.15, -0.1) is 0 Å². The summed E-state index contributed by atoms with van der Waals surface area (Å²) >= 11 is 0. The smallest absolute Gasteiger partial charge is 0.146 e. The Bertz CT molecular complexity index is 49.7. The summed E-state index contributed by atoms with van der Waals surface area (Å²) < 4.78 is 10.1. The van der Waals surface area contributed by atoms with Gasteiger partial charge in [-0.2, -0.15) is 0 Å². The van der Waals surface area contributed by atoms with Crippen molar-refractivity contribution in [3.8, 4) is 0 Å². The zero-order valence-corrected chi connectivity index (χ0v) is 7.81. The second kappa shape index (κ2) is 5.28. The molecule has 0 N–H and O–H groups in total. The Hall–Kier alpha value is 0.137. The molecule has 2 nitrogen and oxygen atoms in total. The molecule has 0 aliphatic carbocycles. The number of ether oxygens (including phenoxy) is 1. The molecule has 0 aliphatic rings. The molecule has 8 heavy (non-hydrogen) atoms. The Labute approximate surface area is 53.7 Å². The van der Waals surface area contributed by atoms with Gasteiger partial charge in [-0.1, -0.05) is 0 Å². The molecule has 0 saturated carbocycles. The lowest BCUT2D eigenvalue weighted by molar-refractivity contribution is 0.0705. The van der Waals surface area contributed by atoms with Crippen LogP contribution in [-0.4, -0.2) is 29.8 Å². The van der Waals surface area contributed by atoms with Crippen LogP contribution >= 0.6 is 0 Å². The molecule has 0 fully saturated rings. The average molecular weight is 134 g/mol. The zero-order chi connectivity index (χ0) is 6.41. The lowest BCUT2D eigenvalue weighted by Crippen LogP contribution is -2.13. The van der Waals surface area contributed by atoms with Gasteiger partial charge in [-0.05, 0) is 13.8 Å². The van der Waals surface area contributed by atoms with E-state index in [4.69, 9.17) is 9.16 Å². The Morgan fingerprint density at radius 3 is 2.62 bits per heavy atom. The van der Waals surface area contributed by atoms with E-state index in [0.29, 0.717) is 6.10 Å². The van der Waals surface area contributed by atoms with Crippen molar-refractivity contribution in [3.63, 3.8) is 0 Å². The van der Waals surface area contributed by atoms with Gasteiger partial charge in [0.05, 0.1) is 12.7 Å². The second-order valence-electron chi connectivity index (χ2n) is 1.71. The minimum atomic E-state index is 0.293. The van der Waals surface area contributed by atoms with E-state index in [-0.39, 0.29) is 0 Å². The fourth-order valence-corrected chi connectivity index (χ4v) is 0.488. The summed E-state index contributed by atoms with van der Waals surface area (Å²) in [4.78, 5) is 0. The Morgan fingerprint density at radius 1 is 1.62 bits per heavy atom. The summed E-state index contributed by atoms with van der Waals surface area (Å²) in [6.45, 7) is 5.53. The van der Waals surface area contributed by atoms with Crippen LogP contribution in [0.3, 0.4) is 0 Å². The first-order valence-corrected chi connectivity index (χ1v) is 3.73. The zero-order valence-electron chi connectivity index (χ0n) is 5.81. The Balaban J connectivity index is 2.86. The molecule has 0 radical (unpaired) electrons. The highest BCUT2D eigenvalue weighted by Crippen LogP contribution is 1.86. The summed E-state index contributed by atoms with van der Waals surface area (Å²) in [6.07, 6.45) is 0.293. The minimum Gasteiger partial charge on any atom is -0.423 e. The van der Waals surface area contributed by atoms with Crippen molar-refractivity contribution >= 4 is 10.5 Å². The van der Waals surface area contributed by atoms with Crippen LogP contribution in [0.5, 0.6) is 0 Å². The lowest BCUT2D eigenvalue weighted by Gasteiger charge is -2.07. The van der Waals surface area contributed by atoms with E-state index in [1.165, 1.54) is 0 Å². The molecule has 0 bridgehead atoms. The second-order valence-corrected chi connectivity index (χ2v) is 2.18. The molecule has 0 heterocycles. The maximum atomic E-state index is 5.08. The van der Waals surface area contributed by atoms with E-state index in [1.807, 2.05) is 13.8 Å². The third kappa shape index (κ3) is 4.30. The summed E-state index contributed by atoms with van der Waals surface area (Å²) in [6, 6.07) is 0. The highest BCUT2D eigenvalue weighted by Gasteiger charge is 1.94. The van der Waals surface area contributed by atoms with Gasteiger partial charge in [0.1, 0.15) is 10.5 Å². The number of hydrogen-bond donors (Lipinski definition) is 0. The van der Waals surface area contributed by atoms with Gasteiger partial charge in [0.25, 0.3) is 0 Å². The molecule has 1 atom stereocenters. The van der Waals surface area contributed by atoms with Crippen molar-refractivity contribution in [1.82, 2.24) is 0 Å². The standard InChI is InChI=1S/C5H14O2Si/c1-3-6-4-5(2)7-8/h5H,3-4H2,1-2,8H3. The summed E-state index contributed by atoms with van der Waals surface area (Å²) in [5, 5.41) is 0. The Kier molecular flexibility index (Phi) is 5.37. The highest BCUT2D eigenvalue weighted by atomic mass is 28.2. The van der Waals surface area contributed by atoms with Gasteiger partial charge in [0.2, 0.25) is 0 Å². The molecular formula is C5H14O2Si. The van der Waals surface area contributed by atoms with Crippen LogP contribution in [0.2, 0.25) is 0 Å². The Morgan fingerprint density at radius 2 is 2.25 bits per heavy atom. The van der Waals surface area contributed by atoms with Crippen LogP contribution in [0.15, 0.2) is 0 Å². The van der Waals surface area contributed by atoms with Crippen LogP contribution in [0.25, 0.3) is 0 Å². The van der Waals surface area contributed by atoms with E-state index in [0.717, 1.165) is 23.7 Å². The van der Waals surface area contributed by atoms with Crippen LogP contribution in [0, 0.1) is 0 Å². The van der Waals surface area contributed by atoms with E-state index in [1.54, 1.807) is 0 Å². The third-order valence-corrected chi connectivity index (χ3v) is 1.76. The third-order valence-electron chi connectivity index (χ3n) is 0.959. The van der Waals surface area contributed by atoms with Crippen LogP contribution in [0.1, 0.15) is 13.8 Å². The predicted molar refractivity (Wildman–Crippen MR) is 37.0 cm³/mol. The fraction of sp³-hybridized carbons (Fsp3) is 1.00.